The predicted octanol–water partition coefficient (Wildman–Crippen LogP) is 5.05. The van der Waals surface area contributed by atoms with Gasteiger partial charge in [0.15, 0.2) is 0 Å². The van der Waals surface area contributed by atoms with Crippen LogP contribution in [0.25, 0.3) is 22.3 Å². The van der Waals surface area contributed by atoms with Crippen molar-refractivity contribution in [2.75, 3.05) is 20.8 Å². The Morgan fingerprint density at radius 3 is 2.61 bits per heavy atom. The summed E-state index contributed by atoms with van der Waals surface area (Å²) in [7, 11) is 2.87. The van der Waals surface area contributed by atoms with Crippen LogP contribution >= 0.6 is 11.6 Å². The van der Waals surface area contributed by atoms with Crippen LogP contribution in [0.4, 0.5) is 8.78 Å². The largest absolute Gasteiger partial charge is 0.465 e. The van der Waals surface area contributed by atoms with Crippen molar-refractivity contribution in [2.45, 2.75) is 13.0 Å². The van der Waals surface area contributed by atoms with Gasteiger partial charge in [0, 0.05) is 25.6 Å². The van der Waals surface area contributed by atoms with E-state index in [0.717, 1.165) is 12.1 Å². The maximum atomic E-state index is 15.0. The lowest BCUT2D eigenvalue weighted by atomic mass is 10.0. The van der Waals surface area contributed by atoms with E-state index in [0.29, 0.717) is 35.6 Å². The van der Waals surface area contributed by atoms with Gasteiger partial charge >= 0.3 is 5.97 Å². The minimum Gasteiger partial charge on any atom is -0.465 e. The second-order valence-corrected chi connectivity index (χ2v) is 7.70. The Bertz CT molecular complexity index is 1340. The third-order valence-corrected chi connectivity index (χ3v) is 5.45. The molecule has 2 heterocycles. The maximum absolute atomic E-state index is 15.0. The molecule has 33 heavy (non-hydrogen) atoms. The standard InChI is InChI=1S/C24H20ClF2N3O3/c1-32-9-8-30-21-11-14(24(31)33-2)6-7-20(21)29-23(30)12-15-10-18(27)16(13-17(15)26)19-4-3-5-22(25)28-19/h3-7,10-11,13H,8-9,12H2,1-2H3. The zero-order valence-corrected chi connectivity index (χ0v) is 18.7. The first kappa shape index (κ1) is 22.8. The molecule has 0 bridgehead atoms. The third-order valence-electron chi connectivity index (χ3n) is 5.24. The third kappa shape index (κ3) is 4.72. The maximum Gasteiger partial charge on any atom is 0.337 e. The van der Waals surface area contributed by atoms with Crippen molar-refractivity contribution in [2.24, 2.45) is 0 Å². The van der Waals surface area contributed by atoms with E-state index in [1.54, 1.807) is 43.5 Å². The molecule has 0 aliphatic rings. The molecule has 0 amide bonds. The SMILES string of the molecule is COCCn1c(Cc2cc(F)c(-c3cccc(Cl)n3)cc2F)nc2ccc(C(=O)OC)cc21. The van der Waals surface area contributed by atoms with Crippen molar-refractivity contribution in [3.63, 3.8) is 0 Å². The second kappa shape index (κ2) is 9.64. The molecule has 0 aliphatic carbocycles. The van der Waals surface area contributed by atoms with E-state index < -0.39 is 17.6 Å². The lowest BCUT2D eigenvalue weighted by molar-refractivity contribution is 0.0601. The molecular formula is C24H20ClF2N3O3. The summed E-state index contributed by atoms with van der Waals surface area (Å²) in [5.74, 6) is -1.17. The van der Waals surface area contributed by atoms with Gasteiger partial charge in [-0.3, -0.25) is 0 Å². The first-order valence-electron chi connectivity index (χ1n) is 10.1. The Labute approximate surface area is 193 Å². The molecule has 0 fully saturated rings. The van der Waals surface area contributed by atoms with E-state index >= 15 is 4.39 Å². The fourth-order valence-electron chi connectivity index (χ4n) is 3.63. The lowest BCUT2D eigenvalue weighted by Gasteiger charge is -2.11. The number of aromatic nitrogens is 3. The lowest BCUT2D eigenvalue weighted by Crippen LogP contribution is -2.10. The van der Waals surface area contributed by atoms with Crippen LogP contribution in [0.2, 0.25) is 5.15 Å². The van der Waals surface area contributed by atoms with Crippen LogP contribution in [0.3, 0.4) is 0 Å². The van der Waals surface area contributed by atoms with Gasteiger partial charge in [0.05, 0.1) is 36.0 Å². The zero-order chi connectivity index (χ0) is 23.5. The molecule has 0 saturated heterocycles. The normalized spacial score (nSPS) is 11.2. The number of imidazole rings is 1. The Hall–Kier alpha value is -3.36. The van der Waals surface area contributed by atoms with Crippen LogP contribution in [0.15, 0.2) is 48.5 Å². The zero-order valence-electron chi connectivity index (χ0n) is 17.9. The molecule has 0 radical (unpaired) electrons. The second-order valence-electron chi connectivity index (χ2n) is 7.31. The minimum atomic E-state index is -0.617. The van der Waals surface area contributed by atoms with E-state index in [4.69, 9.17) is 21.1 Å². The van der Waals surface area contributed by atoms with Crippen LogP contribution in [0.1, 0.15) is 21.7 Å². The van der Waals surface area contributed by atoms with Gasteiger partial charge in [0.25, 0.3) is 0 Å². The Morgan fingerprint density at radius 1 is 1.06 bits per heavy atom. The molecule has 0 spiro atoms. The molecule has 4 aromatic rings. The number of nitrogens with zero attached hydrogens (tertiary/aromatic N) is 3. The Balaban J connectivity index is 1.75. The highest BCUT2D eigenvalue weighted by molar-refractivity contribution is 6.29. The summed E-state index contributed by atoms with van der Waals surface area (Å²) in [6.45, 7) is 0.790. The first-order valence-corrected chi connectivity index (χ1v) is 10.5. The van der Waals surface area contributed by atoms with Crippen molar-refractivity contribution < 1.29 is 23.0 Å². The summed E-state index contributed by atoms with van der Waals surface area (Å²) in [5.41, 5.74) is 2.06. The van der Waals surface area contributed by atoms with Crippen LogP contribution < -0.4 is 0 Å². The number of fused-ring (bicyclic) bond motifs is 1. The van der Waals surface area contributed by atoms with Crippen LogP contribution in [-0.2, 0) is 22.4 Å². The smallest absolute Gasteiger partial charge is 0.337 e. The van der Waals surface area contributed by atoms with Crippen LogP contribution in [-0.4, -0.2) is 41.3 Å². The molecule has 4 rings (SSSR count). The molecule has 2 aromatic heterocycles. The van der Waals surface area contributed by atoms with Crippen molar-refractivity contribution in [1.29, 1.82) is 0 Å². The monoisotopic (exact) mass is 471 g/mol. The Morgan fingerprint density at radius 2 is 1.88 bits per heavy atom. The summed E-state index contributed by atoms with van der Waals surface area (Å²) in [4.78, 5) is 20.6. The number of rotatable bonds is 7. The highest BCUT2D eigenvalue weighted by atomic mass is 35.5. The van der Waals surface area contributed by atoms with Gasteiger partial charge in [-0.1, -0.05) is 17.7 Å². The predicted molar refractivity (Wildman–Crippen MR) is 120 cm³/mol. The number of carbonyl (C=O) groups is 1. The molecular weight excluding hydrogens is 452 g/mol. The molecule has 9 heteroatoms. The van der Waals surface area contributed by atoms with Crippen molar-refractivity contribution in [1.82, 2.24) is 14.5 Å². The average Bonchev–Trinajstić information content (AvgIpc) is 3.15. The highest BCUT2D eigenvalue weighted by Crippen LogP contribution is 2.27. The topological polar surface area (TPSA) is 66.2 Å². The van der Waals surface area contributed by atoms with Crippen molar-refractivity contribution >= 4 is 28.6 Å². The van der Waals surface area contributed by atoms with Gasteiger partial charge in [0.1, 0.15) is 22.6 Å². The quantitative estimate of drug-likeness (QED) is 0.278. The van der Waals surface area contributed by atoms with Gasteiger partial charge < -0.3 is 14.0 Å². The van der Waals surface area contributed by atoms with Crippen LogP contribution in [0.5, 0.6) is 0 Å². The van der Waals surface area contributed by atoms with Gasteiger partial charge in [-0.2, -0.15) is 0 Å². The van der Waals surface area contributed by atoms with E-state index in [1.165, 1.54) is 7.11 Å². The van der Waals surface area contributed by atoms with E-state index in [2.05, 4.69) is 9.97 Å². The highest BCUT2D eigenvalue weighted by Gasteiger charge is 2.18. The number of hydrogen-bond donors (Lipinski definition) is 0. The van der Waals surface area contributed by atoms with Gasteiger partial charge in [-0.15, -0.1) is 0 Å². The molecule has 0 atom stereocenters. The van der Waals surface area contributed by atoms with E-state index in [9.17, 15) is 9.18 Å². The van der Waals surface area contributed by atoms with Crippen molar-refractivity contribution in [3.05, 3.63) is 82.3 Å². The summed E-state index contributed by atoms with van der Waals surface area (Å²) in [6.07, 6.45) is 0.0396. The number of benzene rings is 2. The summed E-state index contributed by atoms with van der Waals surface area (Å²) in [6, 6.07) is 12.0. The van der Waals surface area contributed by atoms with E-state index in [1.807, 2.05) is 4.57 Å². The average molecular weight is 472 g/mol. The molecule has 0 saturated carbocycles. The van der Waals surface area contributed by atoms with Gasteiger partial charge in [-0.05, 0) is 48.0 Å². The molecule has 2 aromatic carbocycles. The van der Waals surface area contributed by atoms with Crippen molar-refractivity contribution in [3.8, 4) is 11.3 Å². The number of pyridine rings is 1. The fraction of sp³-hybridized carbons (Fsp3) is 0.208. The Kier molecular flexibility index (Phi) is 6.67. The minimum absolute atomic E-state index is 0.0226. The number of carbonyl (C=O) groups excluding carboxylic acids is 1. The summed E-state index contributed by atoms with van der Waals surface area (Å²) in [5, 5.41) is 0.189. The molecule has 170 valence electrons. The molecule has 6 nitrogen and oxygen atoms in total. The van der Waals surface area contributed by atoms with E-state index in [-0.39, 0.29) is 28.4 Å². The molecule has 0 unspecified atom stereocenters. The molecule has 0 N–H and O–H groups in total. The summed E-state index contributed by atoms with van der Waals surface area (Å²) >= 11 is 5.89. The summed E-state index contributed by atoms with van der Waals surface area (Å²) < 4.78 is 41.7. The number of methoxy groups -OCH3 is 2. The fourth-order valence-corrected chi connectivity index (χ4v) is 3.80. The number of esters is 1. The molecule has 0 aliphatic heterocycles. The number of hydrogen-bond acceptors (Lipinski definition) is 5. The van der Waals surface area contributed by atoms with Crippen LogP contribution in [0, 0.1) is 11.6 Å². The first-order chi connectivity index (χ1) is 15.9. The number of ether oxygens (including phenoxy) is 2. The number of halogens is 3. The van der Waals surface area contributed by atoms with Gasteiger partial charge in [-0.25, -0.2) is 23.5 Å². The van der Waals surface area contributed by atoms with Gasteiger partial charge in [0.2, 0.25) is 0 Å².